The molecule has 0 aromatic rings. The minimum atomic E-state index is 0.818. The summed E-state index contributed by atoms with van der Waals surface area (Å²) >= 11 is 0. The summed E-state index contributed by atoms with van der Waals surface area (Å²) in [6, 6.07) is 0. The van der Waals surface area contributed by atoms with E-state index in [1.807, 2.05) is 0 Å². The second-order valence-electron chi connectivity index (χ2n) is 18.5. The molecule has 2 heterocycles. The number of rotatable bonds is 43. The molecule has 0 aliphatic carbocycles. The number of allylic oxidation sites excluding steroid dienone is 10. The highest BCUT2D eigenvalue weighted by Gasteiger charge is 2.20. The molecule has 2 aliphatic rings. The minimum absolute atomic E-state index is 0.818. The average Bonchev–Trinajstić information content (AvgIpc) is 3.28. The molecule has 2 fully saturated rings. The molecule has 4 nitrogen and oxygen atoms in total. The van der Waals surface area contributed by atoms with Gasteiger partial charge in [0.2, 0.25) is 0 Å². The molecule has 0 radical (unpaired) electrons. The zero-order valence-electron chi connectivity index (χ0n) is 41.0. The minimum Gasteiger partial charge on any atom is -0.499 e. The van der Waals surface area contributed by atoms with Gasteiger partial charge in [0.15, 0.2) is 0 Å². The van der Waals surface area contributed by atoms with Crippen LogP contribution in [0.4, 0.5) is 0 Å². The van der Waals surface area contributed by atoms with Gasteiger partial charge in [-0.05, 0) is 154 Å². The number of hydrogen-bond acceptors (Lipinski definition) is 6. The number of hydrogen-bond donors (Lipinski definition) is 0. The van der Waals surface area contributed by atoms with Crippen molar-refractivity contribution in [3.63, 3.8) is 0 Å². The SMILES string of the molecule is C=C(CCCCCCC/C=C\C/C=C\CCCCC)OCCC1CCN(CCSSCCN2CCC(CCOC(=C)CCCCCCC/C=C\C/C=C\CCCCC)CC2)CC1. The molecule has 6 heteroatoms. The monoisotopic (exact) mass is 897 g/mol. The predicted octanol–water partition coefficient (Wildman–Crippen LogP) is 17.3. The topological polar surface area (TPSA) is 24.9 Å². The standard InChI is InChI=1S/C56H100N2O2S2/c1-5-7-9-11-13-15-17-19-21-23-25-27-29-31-33-35-53(3)59-49-41-55-37-43-57(44-38-55)47-51-61-62-52-48-58-45-39-56(40-46-58)42-50-60-54(4)36-34-32-30-28-26-24-22-20-18-16-14-12-10-8-6-2/h13-16,19-22,55-56H,3-12,17-18,23-52H2,1-2H3/b15-13-,16-14-,21-19-,22-20-. The predicted molar refractivity (Wildman–Crippen MR) is 281 cm³/mol. The first kappa shape index (κ1) is 56.8. The molecule has 2 aliphatic heterocycles. The Morgan fingerprint density at radius 3 is 1.18 bits per heavy atom. The molecular weight excluding hydrogens is 797 g/mol. The van der Waals surface area contributed by atoms with Gasteiger partial charge in [-0.1, -0.05) is 161 Å². The van der Waals surface area contributed by atoms with Crippen molar-refractivity contribution in [2.24, 2.45) is 11.8 Å². The Bertz CT molecular complexity index is 1050. The average molecular weight is 898 g/mol. The molecule has 0 atom stereocenters. The molecule has 358 valence electrons. The van der Waals surface area contributed by atoms with E-state index in [-0.39, 0.29) is 0 Å². The van der Waals surface area contributed by atoms with Crippen molar-refractivity contribution in [3.05, 3.63) is 73.3 Å². The lowest BCUT2D eigenvalue weighted by Gasteiger charge is -2.32. The van der Waals surface area contributed by atoms with E-state index >= 15 is 0 Å². The van der Waals surface area contributed by atoms with Gasteiger partial charge in [-0.3, -0.25) is 0 Å². The molecule has 62 heavy (non-hydrogen) atoms. The Morgan fingerprint density at radius 1 is 0.468 bits per heavy atom. The highest BCUT2D eigenvalue weighted by Crippen LogP contribution is 2.26. The third-order valence-electron chi connectivity index (χ3n) is 13.0. The summed E-state index contributed by atoms with van der Waals surface area (Å²) in [6.45, 7) is 22.2. The molecule has 0 saturated carbocycles. The van der Waals surface area contributed by atoms with Crippen LogP contribution in [0.1, 0.15) is 206 Å². The number of nitrogens with zero attached hydrogens (tertiary/aromatic N) is 2. The Balaban J connectivity index is 1.30. The third-order valence-corrected chi connectivity index (χ3v) is 15.3. The maximum absolute atomic E-state index is 6.06. The van der Waals surface area contributed by atoms with E-state index in [2.05, 4.69) is 107 Å². The van der Waals surface area contributed by atoms with E-state index in [9.17, 15) is 0 Å². The number of piperidine rings is 2. The van der Waals surface area contributed by atoms with Crippen LogP contribution in [0.15, 0.2) is 73.3 Å². The summed E-state index contributed by atoms with van der Waals surface area (Å²) in [6.07, 6.45) is 56.7. The zero-order valence-corrected chi connectivity index (χ0v) is 42.6. The van der Waals surface area contributed by atoms with E-state index in [1.54, 1.807) is 0 Å². The summed E-state index contributed by atoms with van der Waals surface area (Å²) in [5.74, 6) is 6.14. The summed E-state index contributed by atoms with van der Waals surface area (Å²) in [7, 11) is 4.17. The van der Waals surface area contributed by atoms with Crippen molar-refractivity contribution in [2.75, 3.05) is 64.0 Å². The van der Waals surface area contributed by atoms with Crippen molar-refractivity contribution in [1.29, 1.82) is 0 Å². The number of likely N-dealkylation sites (tertiary alicyclic amines) is 2. The highest BCUT2D eigenvalue weighted by molar-refractivity contribution is 8.76. The summed E-state index contributed by atoms with van der Waals surface area (Å²) < 4.78 is 12.1. The molecule has 0 amide bonds. The van der Waals surface area contributed by atoms with Crippen LogP contribution in [0, 0.1) is 11.8 Å². The Labute approximate surface area is 394 Å². The van der Waals surface area contributed by atoms with Crippen molar-refractivity contribution < 1.29 is 9.47 Å². The van der Waals surface area contributed by atoms with Gasteiger partial charge in [-0.15, -0.1) is 0 Å². The second kappa shape index (κ2) is 43.5. The smallest absolute Gasteiger partial charge is 0.0888 e. The molecule has 0 spiro atoms. The van der Waals surface area contributed by atoms with Gasteiger partial charge in [-0.2, -0.15) is 0 Å². The molecule has 0 N–H and O–H groups in total. The van der Waals surface area contributed by atoms with Gasteiger partial charge < -0.3 is 19.3 Å². The van der Waals surface area contributed by atoms with E-state index in [4.69, 9.17) is 9.47 Å². The maximum atomic E-state index is 6.06. The van der Waals surface area contributed by atoms with Gasteiger partial charge in [0.1, 0.15) is 0 Å². The van der Waals surface area contributed by atoms with Crippen molar-refractivity contribution >= 4 is 21.6 Å². The molecule has 0 unspecified atom stereocenters. The van der Waals surface area contributed by atoms with Gasteiger partial charge >= 0.3 is 0 Å². The van der Waals surface area contributed by atoms with Gasteiger partial charge in [0.25, 0.3) is 0 Å². The lowest BCUT2D eigenvalue weighted by molar-refractivity contribution is 0.141. The fraction of sp³-hybridized carbons (Fsp3) is 0.786. The molecule has 0 bridgehead atoms. The van der Waals surface area contributed by atoms with Gasteiger partial charge in [0, 0.05) is 37.4 Å². The second-order valence-corrected chi connectivity index (χ2v) is 21.2. The normalized spacial score (nSPS) is 16.2. The fourth-order valence-corrected chi connectivity index (χ4v) is 10.7. The van der Waals surface area contributed by atoms with Crippen molar-refractivity contribution in [1.82, 2.24) is 9.80 Å². The van der Waals surface area contributed by atoms with Crippen LogP contribution >= 0.6 is 21.6 Å². The van der Waals surface area contributed by atoms with E-state index < -0.39 is 0 Å². The van der Waals surface area contributed by atoms with Crippen molar-refractivity contribution in [3.8, 4) is 0 Å². The largest absolute Gasteiger partial charge is 0.499 e. The Morgan fingerprint density at radius 2 is 0.806 bits per heavy atom. The summed E-state index contributed by atoms with van der Waals surface area (Å²) in [5.41, 5.74) is 0. The first-order valence-electron chi connectivity index (χ1n) is 26.5. The van der Waals surface area contributed by atoms with Crippen LogP contribution in [0.25, 0.3) is 0 Å². The van der Waals surface area contributed by atoms with Gasteiger partial charge in [-0.25, -0.2) is 0 Å². The van der Waals surface area contributed by atoms with E-state index in [0.29, 0.717) is 0 Å². The van der Waals surface area contributed by atoms with E-state index in [0.717, 1.165) is 62.3 Å². The van der Waals surface area contributed by atoms with E-state index in [1.165, 1.54) is 218 Å². The molecule has 2 saturated heterocycles. The summed E-state index contributed by atoms with van der Waals surface area (Å²) in [5, 5.41) is 0. The number of ether oxygens (including phenoxy) is 2. The van der Waals surface area contributed by atoms with Crippen molar-refractivity contribution in [2.45, 2.75) is 206 Å². The van der Waals surface area contributed by atoms with Crippen LogP contribution in [-0.4, -0.2) is 73.8 Å². The lowest BCUT2D eigenvalue weighted by Crippen LogP contribution is -2.35. The highest BCUT2D eigenvalue weighted by atomic mass is 33.1. The summed E-state index contributed by atoms with van der Waals surface area (Å²) in [4.78, 5) is 5.38. The third kappa shape index (κ3) is 35.9. The first-order valence-corrected chi connectivity index (χ1v) is 29.0. The maximum Gasteiger partial charge on any atom is 0.0888 e. The Kier molecular flexibility index (Phi) is 39.9. The molecule has 2 rings (SSSR count). The van der Waals surface area contributed by atoms with Gasteiger partial charge in [0.05, 0.1) is 24.7 Å². The lowest BCUT2D eigenvalue weighted by atomic mass is 9.94. The first-order chi connectivity index (χ1) is 30.6. The zero-order chi connectivity index (χ0) is 44.2. The Hall–Kier alpha value is -1.34. The van der Waals surface area contributed by atoms with Crippen LogP contribution in [0.5, 0.6) is 0 Å². The van der Waals surface area contributed by atoms with Crippen LogP contribution in [-0.2, 0) is 9.47 Å². The van der Waals surface area contributed by atoms with Crippen LogP contribution < -0.4 is 0 Å². The molecular formula is C56H100N2O2S2. The van der Waals surface area contributed by atoms with Crippen LogP contribution in [0.2, 0.25) is 0 Å². The molecule has 0 aromatic carbocycles. The molecule has 0 aromatic heterocycles. The fourth-order valence-electron chi connectivity index (χ4n) is 8.60. The quantitative estimate of drug-likeness (QED) is 0.0262. The number of unbranched alkanes of at least 4 members (excludes halogenated alkanes) is 16. The van der Waals surface area contributed by atoms with Crippen LogP contribution in [0.3, 0.4) is 0 Å².